The van der Waals surface area contributed by atoms with Gasteiger partial charge in [0.15, 0.2) is 5.96 Å². The summed E-state index contributed by atoms with van der Waals surface area (Å²) >= 11 is 0. The summed E-state index contributed by atoms with van der Waals surface area (Å²) in [6.45, 7) is 7.86. The third kappa shape index (κ3) is 4.51. The lowest BCUT2D eigenvalue weighted by atomic mass is 10.1. The van der Waals surface area contributed by atoms with Crippen LogP contribution in [0.3, 0.4) is 0 Å². The van der Waals surface area contributed by atoms with Crippen molar-refractivity contribution in [2.24, 2.45) is 10.7 Å². The summed E-state index contributed by atoms with van der Waals surface area (Å²) in [5.74, 6) is 0.399. The van der Waals surface area contributed by atoms with Crippen LogP contribution in [0.2, 0.25) is 0 Å². The number of hydrogen-bond donors (Lipinski definition) is 2. The zero-order valence-corrected chi connectivity index (χ0v) is 10.4. The molecule has 0 aliphatic carbocycles. The SMILES string of the molecule is CC(C)(C)NC(N)=NCC(=O)N1CCCC1. The Balaban J connectivity index is 2.37. The van der Waals surface area contributed by atoms with Crippen molar-refractivity contribution in [3.63, 3.8) is 0 Å². The molecule has 0 atom stereocenters. The van der Waals surface area contributed by atoms with Gasteiger partial charge < -0.3 is 16.0 Å². The van der Waals surface area contributed by atoms with Gasteiger partial charge in [0, 0.05) is 18.6 Å². The van der Waals surface area contributed by atoms with Crippen LogP contribution in [0.25, 0.3) is 0 Å². The Hall–Kier alpha value is -1.26. The molecule has 0 spiro atoms. The highest BCUT2D eigenvalue weighted by molar-refractivity contribution is 5.84. The minimum absolute atomic E-state index is 0.0659. The van der Waals surface area contributed by atoms with Gasteiger partial charge in [-0.2, -0.15) is 0 Å². The zero-order chi connectivity index (χ0) is 12.2. The van der Waals surface area contributed by atoms with E-state index in [0.717, 1.165) is 25.9 Å². The van der Waals surface area contributed by atoms with Crippen molar-refractivity contribution in [3.05, 3.63) is 0 Å². The number of aliphatic imine (C=N–C) groups is 1. The van der Waals surface area contributed by atoms with E-state index in [1.54, 1.807) is 0 Å². The molecule has 5 nitrogen and oxygen atoms in total. The number of guanidine groups is 1. The normalized spacial score (nSPS) is 17.7. The van der Waals surface area contributed by atoms with Crippen molar-refractivity contribution in [1.82, 2.24) is 10.2 Å². The molecule has 1 rings (SSSR count). The first-order valence-corrected chi connectivity index (χ1v) is 5.74. The van der Waals surface area contributed by atoms with E-state index >= 15 is 0 Å². The first-order valence-electron chi connectivity index (χ1n) is 5.74. The summed E-state index contributed by atoms with van der Waals surface area (Å²) in [6.07, 6.45) is 2.20. The molecule has 1 aliphatic heterocycles. The first kappa shape index (κ1) is 12.8. The van der Waals surface area contributed by atoms with E-state index in [1.165, 1.54) is 0 Å². The number of nitrogens with two attached hydrogens (primary N) is 1. The maximum atomic E-state index is 11.7. The van der Waals surface area contributed by atoms with E-state index < -0.39 is 0 Å². The van der Waals surface area contributed by atoms with Crippen molar-refractivity contribution in [2.75, 3.05) is 19.6 Å². The molecule has 5 heteroatoms. The van der Waals surface area contributed by atoms with Gasteiger partial charge in [0.05, 0.1) is 0 Å². The van der Waals surface area contributed by atoms with Crippen LogP contribution in [0.15, 0.2) is 4.99 Å². The third-order valence-corrected chi connectivity index (χ3v) is 2.35. The van der Waals surface area contributed by atoms with Gasteiger partial charge in [-0.1, -0.05) is 0 Å². The highest BCUT2D eigenvalue weighted by Crippen LogP contribution is 2.07. The number of likely N-dealkylation sites (tertiary alicyclic amines) is 1. The summed E-state index contributed by atoms with van der Waals surface area (Å²) in [5, 5.41) is 3.02. The van der Waals surface area contributed by atoms with Gasteiger partial charge in [0.1, 0.15) is 6.54 Å². The largest absolute Gasteiger partial charge is 0.370 e. The highest BCUT2D eigenvalue weighted by atomic mass is 16.2. The topological polar surface area (TPSA) is 70.7 Å². The van der Waals surface area contributed by atoms with Gasteiger partial charge >= 0.3 is 0 Å². The second-order valence-electron chi connectivity index (χ2n) is 5.16. The summed E-state index contributed by atoms with van der Waals surface area (Å²) in [5.41, 5.74) is 5.55. The molecule has 0 bridgehead atoms. The molecule has 1 aliphatic rings. The summed E-state index contributed by atoms with van der Waals surface area (Å²) in [6, 6.07) is 0. The molecule has 0 aromatic heterocycles. The second kappa shape index (κ2) is 5.18. The van der Waals surface area contributed by atoms with Gasteiger partial charge in [-0.25, -0.2) is 4.99 Å². The fourth-order valence-electron chi connectivity index (χ4n) is 1.64. The first-order chi connectivity index (χ1) is 7.38. The van der Waals surface area contributed by atoms with Crippen LogP contribution in [0.5, 0.6) is 0 Å². The van der Waals surface area contributed by atoms with E-state index in [0.29, 0.717) is 5.96 Å². The number of carbonyl (C=O) groups excluding carboxylic acids is 1. The summed E-state index contributed by atoms with van der Waals surface area (Å²) in [4.78, 5) is 17.5. The van der Waals surface area contributed by atoms with Crippen molar-refractivity contribution in [1.29, 1.82) is 0 Å². The molecule has 1 amide bonds. The lowest BCUT2D eigenvalue weighted by Gasteiger charge is -2.21. The van der Waals surface area contributed by atoms with Gasteiger partial charge in [-0.05, 0) is 33.6 Å². The Bertz CT molecular complexity index is 274. The number of carbonyl (C=O) groups is 1. The van der Waals surface area contributed by atoms with Gasteiger partial charge in [0.2, 0.25) is 5.91 Å². The highest BCUT2D eigenvalue weighted by Gasteiger charge is 2.17. The van der Waals surface area contributed by atoms with E-state index in [1.807, 2.05) is 25.7 Å². The average Bonchev–Trinajstić information content (AvgIpc) is 2.64. The Morgan fingerprint density at radius 3 is 2.44 bits per heavy atom. The van der Waals surface area contributed by atoms with Gasteiger partial charge in [0.25, 0.3) is 0 Å². The van der Waals surface area contributed by atoms with Crippen LogP contribution >= 0.6 is 0 Å². The monoisotopic (exact) mass is 226 g/mol. The molecule has 92 valence electrons. The number of hydrogen-bond acceptors (Lipinski definition) is 2. The standard InChI is InChI=1S/C11H22N4O/c1-11(2,3)14-10(12)13-8-9(16)15-6-4-5-7-15/h4-8H2,1-3H3,(H3,12,13,14). The second-order valence-corrected chi connectivity index (χ2v) is 5.16. The van der Waals surface area contributed by atoms with Crippen molar-refractivity contribution < 1.29 is 4.79 Å². The Morgan fingerprint density at radius 2 is 1.94 bits per heavy atom. The Morgan fingerprint density at radius 1 is 1.38 bits per heavy atom. The lowest BCUT2D eigenvalue weighted by Crippen LogP contribution is -2.45. The molecular weight excluding hydrogens is 204 g/mol. The van der Waals surface area contributed by atoms with Crippen molar-refractivity contribution in [3.8, 4) is 0 Å². The Kier molecular flexibility index (Phi) is 4.15. The fourth-order valence-corrected chi connectivity index (χ4v) is 1.64. The molecule has 0 radical (unpaired) electrons. The number of amides is 1. The smallest absolute Gasteiger partial charge is 0.244 e. The third-order valence-electron chi connectivity index (χ3n) is 2.35. The maximum absolute atomic E-state index is 11.7. The number of rotatable bonds is 2. The minimum Gasteiger partial charge on any atom is -0.370 e. The van der Waals surface area contributed by atoms with E-state index in [-0.39, 0.29) is 18.0 Å². The molecule has 1 saturated heterocycles. The van der Waals surface area contributed by atoms with Gasteiger partial charge in [-0.3, -0.25) is 4.79 Å². The summed E-state index contributed by atoms with van der Waals surface area (Å²) in [7, 11) is 0. The van der Waals surface area contributed by atoms with Crippen LogP contribution in [0.1, 0.15) is 33.6 Å². The lowest BCUT2D eigenvalue weighted by molar-refractivity contribution is -0.128. The maximum Gasteiger partial charge on any atom is 0.244 e. The zero-order valence-electron chi connectivity index (χ0n) is 10.4. The van der Waals surface area contributed by atoms with Crippen molar-refractivity contribution >= 4 is 11.9 Å². The van der Waals surface area contributed by atoms with Gasteiger partial charge in [-0.15, -0.1) is 0 Å². The van der Waals surface area contributed by atoms with Crippen LogP contribution < -0.4 is 11.1 Å². The van der Waals surface area contributed by atoms with Crippen LogP contribution in [0, 0.1) is 0 Å². The van der Waals surface area contributed by atoms with Crippen LogP contribution in [-0.4, -0.2) is 41.9 Å². The predicted molar refractivity (Wildman–Crippen MR) is 65.2 cm³/mol. The molecule has 0 unspecified atom stereocenters. The quantitative estimate of drug-likeness (QED) is 0.526. The predicted octanol–water partition coefficient (Wildman–Crippen LogP) is 0.312. The van der Waals surface area contributed by atoms with E-state index in [9.17, 15) is 4.79 Å². The molecule has 3 N–H and O–H groups in total. The summed E-state index contributed by atoms with van der Waals surface area (Å²) < 4.78 is 0. The van der Waals surface area contributed by atoms with E-state index in [4.69, 9.17) is 5.73 Å². The molecule has 0 aromatic rings. The number of nitrogens with zero attached hydrogens (tertiary/aromatic N) is 2. The molecule has 1 heterocycles. The minimum atomic E-state index is -0.121. The van der Waals surface area contributed by atoms with Crippen molar-refractivity contribution in [2.45, 2.75) is 39.2 Å². The fraction of sp³-hybridized carbons (Fsp3) is 0.818. The van der Waals surface area contributed by atoms with Crippen LogP contribution in [0.4, 0.5) is 0 Å². The van der Waals surface area contributed by atoms with Crippen LogP contribution in [-0.2, 0) is 4.79 Å². The molecule has 0 saturated carbocycles. The Labute approximate surface area is 97.1 Å². The molecule has 1 fully saturated rings. The van der Waals surface area contributed by atoms with E-state index in [2.05, 4.69) is 10.3 Å². The molecule has 16 heavy (non-hydrogen) atoms. The molecule has 0 aromatic carbocycles. The molecular formula is C11H22N4O. The number of nitrogens with one attached hydrogen (secondary N) is 1. The average molecular weight is 226 g/mol.